The first-order valence-corrected chi connectivity index (χ1v) is 9.35. The van der Waals surface area contributed by atoms with Gasteiger partial charge in [-0.05, 0) is 29.3 Å². The molecule has 0 bridgehead atoms. The average Bonchev–Trinajstić information content (AvgIpc) is 3.08. The van der Waals surface area contributed by atoms with Gasteiger partial charge in [0.1, 0.15) is 5.65 Å². The number of hydrogen-bond acceptors (Lipinski definition) is 3. The number of fused-ring (bicyclic) bond motifs is 2. The van der Waals surface area contributed by atoms with E-state index >= 15 is 0 Å². The predicted octanol–water partition coefficient (Wildman–Crippen LogP) is 3.57. The van der Waals surface area contributed by atoms with Crippen molar-refractivity contribution in [3.05, 3.63) is 76.8 Å². The van der Waals surface area contributed by atoms with E-state index in [1.54, 1.807) is 23.4 Å². The molecule has 28 heavy (non-hydrogen) atoms. The molecule has 1 N–H and O–H groups in total. The van der Waals surface area contributed by atoms with Crippen LogP contribution in [0.1, 0.15) is 36.2 Å². The van der Waals surface area contributed by atoms with Crippen molar-refractivity contribution in [3.8, 4) is 0 Å². The van der Waals surface area contributed by atoms with Crippen LogP contribution in [0.3, 0.4) is 0 Å². The molecule has 1 aliphatic rings. The van der Waals surface area contributed by atoms with Gasteiger partial charge in [0, 0.05) is 25.5 Å². The first kappa shape index (κ1) is 18.3. The van der Waals surface area contributed by atoms with Crippen LogP contribution in [0.4, 0.5) is 0 Å². The normalized spacial score (nSPS) is 15.5. The molecule has 0 spiro atoms. The summed E-state index contributed by atoms with van der Waals surface area (Å²) in [6.07, 6.45) is 7.43. The van der Waals surface area contributed by atoms with Gasteiger partial charge in [-0.1, -0.05) is 35.9 Å². The molecule has 0 radical (unpaired) electrons. The Kier molecular flexibility index (Phi) is 4.88. The quantitative estimate of drug-likeness (QED) is 0.735. The fourth-order valence-electron chi connectivity index (χ4n) is 3.45. The van der Waals surface area contributed by atoms with E-state index in [0.29, 0.717) is 11.6 Å². The lowest BCUT2D eigenvalue weighted by molar-refractivity contribution is -0.130. The SMILES string of the molecule is CC(=O)N1C=Cc2ccccc2C1CC(=O)NCc1cn2cc(Cl)ccc2n1. The van der Waals surface area contributed by atoms with Gasteiger partial charge in [-0.3, -0.25) is 9.59 Å². The van der Waals surface area contributed by atoms with Gasteiger partial charge in [-0.2, -0.15) is 0 Å². The molecule has 1 aromatic carbocycles. The molecule has 0 fully saturated rings. The van der Waals surface area contributed by atoms with E-state index in [9.17, 15) is 9.59 Å². The molecule has 0 saturated carbocycles. The highest BCUT2D eigenvalue weighted by Gasteiger charge is 2.28. The first-order valence-electron chi connectivity index (χ1n) is 8.97. The fraction of sp³-hybridized carbons (Fsp3) is 0.190. The number of pyridine rings is 1. The number of imidazole rings is 1. The highest BCUT2D eigenvalue weighted by molar-refractivity contribution is 6.30. The second kappa shape index (κ2) is 7.48. The molecule has 1 atom stereocenters. The van der Waals surface area contributed by atoms with Crippen LogP contribution < -0.4 is 5.32 Å². The number of rotatable bonds is 4. The smallest absolute Gasteiger partial charge is 0.223 e. The van der Waals surface area contributed by atoms with Crippen LogP contribution in [-0.2, 0) is 16.1 Å². The maximum Gasteiger partial charge on any atom is 0.223 e. The molecule has 2 aromatic heterocycles. The van der Waals surface area contributed by atoms with Crippen LogP contribution in [0.5, 0.6) is 0 Å². The summed E-state index contributed by atoms with van der Waals surface area (Å²) in [4.78, 5) is 30.7. The minimum Gasteiger partial charge on any atom is -0.350 e. The van der Waals surface area contributed by atoms with Crippen molar-refractivity contribution in [3.63, 3.8) is 0 Å². The zero-order valence-corrected chi connectivity index (χ0v) is 16.1. The Morgan fingerprint density at radius 1 is 1.18 bits per heavy atom. The molecule has 142 valence electrons. The molecule has 0 saturated heterocycles. The van der Waals surface area contributed by atoms with Crippen molar-refractivity contribution in [1.29, 1.82) is 0 Å². The predicted molar refractivity (Wildman–Crippen MR) is 107 cm³/mol. The van der Waals surface area contributed by atoms with Crippen LogP contribution in [0, 0.1) is 0 Å². The van der Waals surface area contributed by atoms with Gasteiger partial charge in [-0.25, -0.2) is 4.98 Å². The lowest BCUT2D eigenvalue weighted by Gasteiger charge is -2.32. The fourth-order valence-corrected chi connectivity index (χ4v) is 3.62. The van der Waals surface area contributed by atoms with E-state index in [2.05, 4.69) is 10.3 Å². The Morgan fingerprint density at radius 3 is 2.82 bits per heavy atom. The number of hydrogen-bond donors (Lipinski definition) is 1. The summed E-state index contributed by atoms with van der Waals surface area (Å²) in [6, 6.07) is 11.1. The highest BCUT2D eigenvalue weighted by Crippen LogP contribution is 2.32. The summed E-state index contributed by atoms with van der Waals surface area (Å²) in [5.41, 5.74) is 3.50. The highest BCUT2D eigenvalue weighted by atomic mass is 35.5. The number of carbonyl (C=O) groups excluding carboxylic acids is 2. The lowest BCUT2D eigenvalue weighted by Crippen LogP contribution is -2.35. The number of carbonyl (C=O) groups is 2. The standard InChI is InChI=1S/C21H19ClN4O2/c1-14(27)26-9-8-15-4-2-3-5-18(15)19(26)10-21(28)23-11-17-13-25-12-16(22)6-7-20(25)24-17/h2-9,12-13,19H,10-11H2,1H3,(H,23,28). The molecule has 1 unspecified atom stereocenters. The summed E-state index contributed by atoms with van der Waals surface area (Å²) in [5.74, 6) is -0.239. The van der Waals surface area contributed by atoms with Crippen molar-refractivity contribution < 1.29 is 9.59 Å². The molecular weight excluding hydrogens is 376 g/mol. The largest absolute Gasteiger partial charge is 0.350 e. The maximum atomic E-state index is 12.6. The molecule has 1 aliphatic heterocycles. The van der Waals surface area contributed by atoms with Gasteiger partial charge >= 0.3 is 0 Å². The number of halogens is 1. The molecule has 2 amide bonds. The van der Waals surface area contributed by atoms with Crippen molar-refractivity contribution in [2.45, 2.75) is 25.9 Å². The molecular formula is C21H19ClN4O2. The Hall–Kier alpha value is -3.12. The molecule has 3 heterocycles. The summed E-state index contributed by atoms with van der Waals surface area (Å²) in [5, 5.41) is 3.52. The summed E-state index contributed by atoms with van der Waals surface area (Å²) in [7, 11) is 0. The molecule has 4 rings (SSSR count). The van der Waals surface area contributed by atoms with E-state index in [1.807, 2.05) is 47.0 Å². The van der Waals surface area contributed by atoms with Gasteiger partial charge < -0.3 is 14.6 Å². The zero-order chi connectivity index (χ0) is 19.7. The maximum absolute atomic E-state index is 12.6. The second-order valence-corrected chi connectivity index (χ2v) is 7.15. The Bertz CT molecular complexity index is 1090. The van der Waals surface area contributed by atoms with E-state index in [-0.39, 0.29) is 24.3 Å². The molecule has 7 heteroatoms. The molecule has 6 nitrogen and oxygen atoms in total. The van der Waals surface area contributed by atoms with Crippen LogP contribution >= 0.6 is 11.6 Å². The van der Waals surface area contributed by atoms with Crippen molar-refractivity contribution in [1.82, 2.24) is 19.6 Å². The van der Waals surface area contributed by atoms with Crippen LogP contribution in [0.2, 0.25) is 5.02 Å². The summed E-state index contributed by atoms with van der Waals surface area (Å²) < 4.78 is 1.82. The Morgan fingerprint density at radius 2 is 2.00 bits per heavy atom. The Balaban J connectivity index is 1.47. The van der Waals surface area contributed by atoms with Gasteiger partial charge in [-0.15, -0.1) is 0 Å². The van der Waals surface area contributed by atoms with Crippen LogP contribution in [0.25, 0.3) is 11.7 Å². The first-order chi connectivity index (χ1) is 13.5. The van der Waals surface area contributed by atoms with Crippen LogP contribution in [0.15, 0.2) is 55.0 Å². The van der Waals surface area contributed by atoms with Gasteiger partial charge in [0.05, 0.1) is 29.7 Å². The third-order valence-electron chi connectivity index (χ3n) is 4.78. The topological polar surface area (TPSA) is 66.7 Å². The summed E-state index contributed by atoms with van der Waals surface area (Å²) >= 11 is 5.99. The zero-order valence-electron chi connectivity index (χ0n) is 15.3. The van der Waals surface area contributed by atoms with Gasteiger partial charge in [0.25, 0.3) is 0 Å². The Labute approximate surface area is 167 Å². The third kappa shape index (κ3) is 3.64. The lowest BCUT2D eigenvalue weighted by atomic mass is 9.93. The van der Waals surface area contributed by atoms with Crippen molar-refractivity contribution in [2.24, 2.45) is 0 Å². The van der Waals surface area contributed by atoms with E-state index < -0.39 is 0 Å². The van der Waals surface area contributed by atoms with E-state index in [0.717, 1.165) is 22.5 Å². The van der Waals surface area contributed by atoms with Crippen molar-refractivity contribution in [2.75, 3.05) is 0 Å². The minimum absolute atomic E-state index is 0.0965. The van der Waals surface area contributed by atoms with E-state index in [1.165, 1.54) is 6.92 Å². The van der Waals surface area contributed by atoms with Crippen molar-refractivity contribution >= 4 is 35.1 Å². The third-order valence-corrected chi connectivity index (χ3v) is 5.00. The number of nitrogens with one attached hydrogen (secondary N) is 1. The van der Waals surface area contributed by atoms with E-state index in [4.69, 9.17) is 11.6 Å². The number of nitrogens with zero attached hydrogens (tertiary/aromatic N) is 3. The number of amides is 2. The summed E-state index contributed by atoms with van der Waals surface area (Å²) in [6.45, 7) is 1.81. The molecule has 0 aliphatic carbocycles. The number of aromatic nitrogens is 2. The minimum atomic E-state index is -0.321. The monoisotopic (exact) mass is 394 g/mol. The second-order valence-electron chi connectivity index (χ2n) is 6.71. The average molecular weight is 395 g/mol. The molecule has 3 aromatic rings. The van der Waals surface area contributed by atoms with Gasteiger partial charge in [0.15, 0.2) is 0 Å². The van der Waals surface area contributed by atoms with Gasteiger partial charge in [0.2, 0.25) is 11.8 Å². The van der Waals surface area contributed by atoms with Crippen LogP contribution in [-0.4, -0.2) is 26.1 Å². The number of benzene rings is 1.